The van der Waals surface area contributed by atoms with Crippen molar-refractivity contribution >= 4 is 34.6 Å². The number of carboxylic acids is 1. The van der Waals surface area contributed by atoms with E-state index in [2.05, 4.69) is 30.9 Å². The maximum absolute atomic E-state index is 13.4. The highest BCUT2D eigenvalue weighted by Gasteiger charge is 2.33. The molecule has 0 bridgehead atoms. The van der Waals surface area contributed by atoms with E-state index in [1.165, 1.54) is 19.4 Å². The average Bonchev–Trinajstić information content (AvgIpc) is 3.65. The van der Waals surface area contributed by atoms with Gasteiger partial charge in [-0.15, -0.1) is 0 Å². The first-order chi connectivity index (χ1) is 20.6. The highest BCUT2D eigenvalue weighted by Crippen LogP contribution is 2.19. The van der Waals surface area contributed by atoms with E-state index in [-0.39, 0.29) is 19.3 Å². The SMILES string of the molecule is CC(O)C(NC(=O)C(Cc1cnc[nH]1)NC(=O)C(N)Cc1c[nH]c2ccccc12)C(=O)NC(Cc1ccccc1)C(=O)O. The number of carbonyl (C=O) groups excluding carboxylic acids is 3. The molecule has 0 aliphatic carbocycles. The monoisotopic (exact) mass is 589 g/mol. The molecule has 0 aliphatic rings. The molecule has 13 heteroatoms. The lowest BCUT2D eigenvalue weighted by molar-refractivity contribution is -0.143. The standard InChI is InChI=1S/C30H35N7O6/c1-17(38)26(29(41)36-25(30(42)43)11-18-7-3-2-4-8-18)37-28(40)24(13-20-15-32-16-34-20)35-27(39)22(31)12-19-14-33-23-10-6-5-9-21(19)23/h2-10,14-17,22,24-26,33,38H,11-13,31H2,1H3,(H,32,34)(H,35,39)(H,36,41)(H,37,40)(H,42,43). The van der Waals surface area contributed by atoms with Crippen LogP contribution in [0.25, 0.3) is 10.9 Å². The number of nitrogens with two attached hydrogens (primary N) is 1. The van der Waals surface area contributed by atoms with Gasteiger partial charge in [0.05, 0.1) is 18.5 Å². The number of aliphatic hydroxyl groups excluding tert-OH is 1. The van der Waals surface area contributed by atoms with E-state index in [4.69, 9.17) is 5.73 Å². The lowest BCUT2D eigenvalue weighted by Crippen LogP contribution is -2.60. The molecule has 226 valence electrons. The van der Waals surface area contributed by atoms with Crippen molar-refractivity contribution < 1.29 is 29.4 Å². The molecule has 13 nitrogen and oxygen atoms in total. The number of imidazole rings is 1. The number of aliphatic carboxylic acids is 1. The van der Waals surface area contributed by atoms with Gasteiger partial charge in [-0.25, -0.2) is 9.78 Å². The molecule has 0 aliphatic heterocycles. The number of amides is 3. The number of carbonyl (C=O) groups is 4. The lowest BCUT2D eigenvalue weighted by Gasteiger charge is -2.26. The Kier molecular flexibility index (Phi) is 10.3. The zero-order valence-electron chi connectivity index (χ0n) is 23.5. The largest absolute Gasteiger partial charge is 0.480 e. The van der Waals surface area contributed by atoms with Gasteiger partial charge in [-0.1, -0.05) is 48.5 Å². The zero-order chi connectivity index (χ0) is 30.9. The molecule has 4 aromatic rings. The first-order valence-electron chi connectivity index (χ1n) is 13.8. The number of nitrogens with zero attached hydrogens (tertiary/aromatic N) is 1. The van der Waals surface area contributed by atoms with E-state index in [1.54, 1.807) is 36.5 Å². The van der Waals surface area contributed by atoms with Crippen molar-refractivity contribution in [1.29, 1.82) is 0 Å². The van der Waals surface area contributed by atoms with Crippen LogP contribution >= 0.6 is 0 Å². The fraction of sp³-hybridized carbons (Fsp3) is 0.300. The summed E-state index contributed by atoms with van der Waals surface area (Å²) in [6.45, 7) is 1.29. The Balaban J connectivity index is 1.45. The molecule has 2 heterocycles. The number of aromatic nitrogens is 3. The zero-order valence-corrected chi connectivity index (χ0v) is 23.5. The van der Waals surface area contributed by atoms with Gasteiger partial charge in [0.2, 0.25) is 17.7 Å². The summed E-state index contributed by atoms with van der Waals surface area (Å²) in [5.74, 6) is -3.55. The molecule has 9 N–H and O–H groups in total. The molecule has 0 spiro atoms. The minimum atomic E-state index is -1.51. The second-order valence-electron chi connectivity index (χ2n) is 10.3. The molecule has 0 fully saturated rings. The van der Waals surface area contributed by atoms with E-state index >= 15 is 0 Å². The molecule has 4 rings (SSSR count). The number of para-hydroxylation sites is 1. The van der Waals surface area contributed by atoms with Crippen molar-refractivity contribution in [1.82, 2.24) is 30.9 Å². The Morgan fingerprint density at radius 1 is 0.860 bits per heavy atom. The first-order valence-corrected chi connectivity index (χ1v) is 13.8. The summed E-state index contributed by atoms with van der Waals surface area (Å²) in [5, 5.41) is 28.5. The summed E-state index contributed by atoms with van der Waals surface area (Å²) < 4.78 is 0. The summed E-state index contributed by atoms with van der Waals surface area (Å²) in [4.78, 5) is 61.5. The van der Waals surface area contributed by atoms with E-state index in [0.717, 1.165) is 16.5 Å². The summed E-state index contributed by atoms with van der Waals surface area (Å²) in [6.07, 6.45) is 3.47. The number of nitrogens with one attached hydrogen (secondary N) is 5. The van der Waals surface area contributed by atoms with Gasteiger partial charge >= 0.3 is 5.97 Å². The first kappa shape index (κ1) is 30.9. The van der Waals surface area contributed by atoms with Crippen molar-refractivity contribution in [3.05, 3.63) is 90.1 Å². The Morgan fingerprint density at radius 2 is 1.56 bits per heavy atom. The van der Waals surface area contributed by atoms with Gasteiger partial charge in [-0.3, -0.25) is 14.4 Å². The Labute approximate surface area is 247 Å². The smallest absolute Gasteiger partial charge is 0.326 e. The molecule has 0 radical (unpaired) electrons. The maximum atomic E-state index is 13.4. The number of hydrogen-bond donors (Lipinski definition) is 8. The van der Waals surface area contributed by atoms with E-state index < -0.39 is 54.0 Å². The van der Waals surface area contributed by atoms with Gasteiger partial charge in [-0.2, -0.15) is 0 Å². The third-order valence-electron chi connectivity index (χ3n) is 7.02. The van der Waals surface area contributed by atoms with Crippen LogP contribution in [-0.4, -0.2) is 79.1 Å². The van der Waals surface area contributed by atoms with Crippen LogP contribution in [-0.2, 0) is 38.4 Å². The normalized spacial score (nSPS) is 14.7. The molecule has 5 atom stereocenters. The van der Waals surface area contributed by atoms with Crippen LogP contribution in [0.15, 0.2) is 73.3 Å². The third-order valence-corrected chi connectivity index (χ3v) is 7.02. The summed E-state index contributed by atoms with van der Waals surface area (Å²) in [6, 6.07) is 11.3. The highest BCUT2D eigenvalue weighted by molar-refractivity contribution is 5.95. The molecule has 2 aromatic heterocycles. The van der Waals surface area contributed by atoms with Gasteiger partial charge < -0.3 is 41.9 Å². The van der Waals surface area contributed by atoms with Gasteiger partial charge in [0, 0.05) is 41.8 Å². The van der Waals surface area contributed by atoms with E-state index in [1.807, 2.05) is 24.3 Å². The van der Waals surface area contributed by atoms with Gasteiger partial charge in [-0.05, 0) is 30.5 Å². The maximum Gasteiger partial charge on any atom is 0.326 e. The number of H-pyrrole nitrogens is 2. The Hall–Kier alpha value is -5.01. The molecule has 5 unspecified atom stereocenters. The summed E-state index contributed by atoms with van der Waals surface area (Å²) in [5.41, 5.74) is 9.17. The van der Waals surface area contributed by atoms with Crippen LogP contribution in [0.1, 0.15) is 23.7 Å². The van der Waals surface area contributed by atoms with Crippen molar-refractivity contribution in [2.24, 2.45) is 5.73 Å². The molecule has 0 saturated carbocycles. The number of benzene rings is 2. The molecule has 43 heavy (non-hydrogen) atoms. The van der Waals surface area contributed by atoms with Crippen LogP contribution in [0.5, 0.6) is 0 Å². The molecule has 3 amide bonds. The quantitative estimate of drug-likeness (QED) is 0.101. The minimum absolute atomic E-state index is 0.00475. The minimum Gasteiger partial charge on any atom is -0.480 e. The van der Waals surface area contributed by atoms with Crippen LogP contribution in [0, 0.1) is 0 Å². The second-order valence-corrected chi connectivity index (χ2v) is 10.3. The molecule has 2 aromatic carbocycles. The lowest BCUT2D eigenvalue weighted by atomic mass is 10.0. The summed E-state index contributed by atoms with van der Waals surface area (Å²) in [7, 11) is 0. The number of rotatable bonds is 14. The number of aromatic amines is 2. The van der Waals surface area contributed by atoms with Crippen molar-refractivity contribution in [2.45, 2.75) is 56.5 Å². The average molecular weight is 590 g/mol. The van der Waals surface area contributed by atoms with Crippen LogP contribution in [0.3, 0.4) is 0 Å². The Morgan fingerprint density at radius 3 is 2.23 bits per heavy atom. The number of carboxylic acid groups (broad SMARTS) is 1. The molecular formula is C30H35N7O6. The summed E-state index contributed by atoms with van der Waals surface area (Å²) >= 11 is 0. The van der Waals surface area contributed by atoms with Crippen molar-refractivity contribution in [3.8, 4) is 0 Å². The predicted octanol–water partition coefficient (Wildman–Crippen LogP) is 0.166. The van der Waals surface area contributed by atoms with E-state index in [0.29, 0.717) is 11.3 Å². The van der Waals surface area contributed by atoms with Crippen LogP contribution in [0.2, 0.25) is 0 Å². The second kappa shape index (κ2) is 14.2. The predicted molar refractivity (Wildman–Crippen MR) is 158 cm³/mol. The highest BCUT2D eigenvalue weighted by atomic mass is 16.4. The molecule has 0 saturated heterocycles. The number of hydrogen-bond acceptors (Lipinski definition) is 7. The van der Waals surface area contributed by atoms with Crippen LogP contribution in [0.4, 0.5) is 0 Å². The van der Waals surface area contributed by atoms with E-state index in [9.17, 15) is 29.4 Å². The van der Waals surface area contributed by atoms with Crippen LogP contribution < -0.4 is 21.7 Å². The third kappa shape index (κ3) is 8.27. The van der Waals surface area contributed by atoms with Crippen molar-refractivity contribution in [2.75, 3.05) is 0 Å². The number of fused-ring (bicyclic) bond motifs is 1. The van der Waals surface area contributed by atoms with Gasteiger partial charge in [0.1, 0.15) is 18.1 Å². The molecular weight excluding hydrogens is 554 g/mol. The van der Waals surface area contributed by atoms with Crippen molar-refractivity contribution in [3.63, 3.8) is 0 Å². The topological polar surface area (TPSA) is 215 Å². The Bertz CT molecular complexity index is 1540. The van der Waals surface area contributed by atoms with Gasteiger partial charge in [0.15, 0.2) is 0 Å². The number of aliphatic hydroxyl groups is 1. The fourth-order valence-corrected chi connectivity index (χ4v) is 4.70. The fourth-order valence-electron chi connectivity index (χ4n) is 4.70. The van der Waals surface area contributed by atoms with Gasteiger partial charge in [0.25, 0.3) is 0 Å².